The van der Waals surface area contributed by atoms with E-state index in [1.165, 1.54) is 6.07 Å². The Morgan fingerprint density at radius 3 is 2.71 bits per heavy atom. The highest BCUT2D eigenvalue weighted by atomic mass is 32.2. The summed E-state index contributed by atoms with van der Waals surface area (Å²) >= 11 is 0. The van der Waals surface area contributed by atoms with Gasteiger partial charge in [0, 0.05) is 18.3 Å². The van der Waals surface area contributed by atoms with Crippen molar-refractivity contribution in [1.29, 1.82) is 0 Å². The molecule has 1 aliphatic heterocycles. The number of hydrogen-bond acceptors (Lipinski definition) is 6. The highest BCUT2D eigenvalue weighted by molar-refractivity contribution is 7.91. The first-order chi connectivity index (χ1) is 9.78. The summed E-state index contributed by atoms with van der Waals surface area (Å²) in [6.45, 7) is 0.378. The molecule has 1 aromatic carbocycles. The molecule has 1 fully saturated rings. The van der Waals surface area contributed by atoms with E-state index in [4.69, 9.17) is 5.11 Å². The number of aromatic carboxylic acids is 1. The SMILES string of the molecule is O=C(O)c1ccc(NCC2CCS(=O)(=O)C2)cc1[N+](=O)[O-]. The number of rotatable bonds is 5. The number of sulfone groups is 1. The number of nitro benzene ring substituents is 1. The Hall–Kier alpha value is -2.16. The van der Waals surface area contributed by atoms with Gasteiger partial charge in [-0.05, 0) is 24.5 Å². The van der Waals surface area contributed by atoms with Crippen LogP contribution in [0.15, 0.2) is 18.2 Å². The fourth-order valence-corrected chi connectivity index (χ4v) is 4.13. The molecule has 2 N–H and O–H groups in total. The number of nitro groups is 1. The monoisotopic (exact) mass is 314 g/mol. The van der Waals surface area contributed by atoms with E-state index in [-0.39, 0.29) is 23.0 Å². The van der Waals surface area contributed by atoms with Crippen molar-refractivity contribution in [3.05, 3.63) is 33.9 Å². The molecule has 0 aliphatic carbocycles. The summed E-state index contributed by atoms with van der Waals surface area (Å²) in [6, 6.07) is 3.74. The lowest BCUT2D eigenvalue weighted by atomic mass is 10.1. The molecule has 1 unspecified atom stereocenters. The van der Waals surface area contributed by atoms with Gasteiger partial charge in [0.2, 0.25) is 0 Å². The molecule has 0 radical (unpaired) electrons. The van der Waals surface area contributed by atoms with E-state index in [1.54, 1.807) is 0 Å². The molecule has 114 valence electrons. The van der Waals surface area contributed by atoms with Crippen LogP contribution in [-0.4, -0.2) is 42.5 Å². The van der Waals surface area contributed by atoms with Crippen molar-refractivity contribution < 1.29 is 23.2 Å². The molecule has 1 atom stereocenters. The molecule has 0 amide bonds. The second-order valence-electron chi connectivity index (χ2n) is 4.94. The van der Waals surface area contributed by atoms with Gasteiger partial charge in [-0.15, -0.1) is 0 Å². The third-order valence-electron chi connectivity index (χ3n) is 3.35. The van der Waals surface area contributed by atoms with Gasteiger partial charge in [-0.3, -0.25) is 10.1 Å². The van der Waals surface area contributed by atoms with Gasteiger partial charge in [0.25, 0.3) is 5.69 Å². The molecular formula is C12H14N2O6S. The summed E-state index contributed by atoms with van der Waals surface area (Å²) in [4.78, 5) is 21.0. The lowest BCUT2D eigenvalue weighted by Gasteiger charge is -2.11. The first-order valence-corrected chi connectivity index (χ1v) is 8.06. The fourth-order valence-electron chi connectivity index (χ4n) is 2.27. The van der Waals surface area contributed by atoms with Gasteiger partial charge >= 0.3 is 5.97 Å². The summed E-state index contributed by atoms with van der Waals surface area (Å²) < 4.78 is 22.7. The molecule has 1 heterocycles. The Bertz CT molecular complexity index is 685. The normalized spacial score (nSPS) is 20.1. The molecule has 0 aromatic heterocycles. The van der Waals surface area contributed by atoms with Crippen molar-refractivity contribution in [2.24, 2.45) is 5.92 Å². The lowest BCUT2D eigenvalue weighted by molar-refractivity contribution is -0.385. The second-order valence-corrected chi connectivity index (χ2v) is 7.17. The van der Waals surface area contributed by atoms with E-state index >= 15 is 0 Å². The van der Waals surface area contributed by atoms with Gasteiger partial charge in [-0.25, -0.2) is 13.2 Å². The molecule has 0 spiro atoms. The van der Waals surface area contributed by atoms with E-state index in [0.29, 0.717) is 18.7 Å². The highest BCUT2D eigenvalue weighted by Crippen LogP contribution is 2.24. The number of carboxylic acid groups (broad SMARTS) is 1. The zero-order chi connectivity index (χ0) is 15.6. The van der Waals surface area contributed by atoms with Gasteiger partial charge in [-0.1, -0.05) is 0 Å². The molecule has 1 aromatic rings. The Kier molecular flexibility index (Phi) is 4.12. The maximum Gasteiger partial charge on any atom is 0.342 e. The standard InChI is InChI=1S/C12H14N2O6S/c15-12(16)10-2-1-9(5-11(10)14(17)18)13-6-8-3-4-21(19,20)7-8/h1-2,5,8,13H,3-4,6-7H2,(H,15,16). The van der Waals surface area contributed by atoms with Gasteiger partial charge in [-0.2, -0.15) is 0 Å². The first-order valence-electron chi connectivity index (χ1n) is 6.24. The number of carbonyl (C=O) groups is 1. The number of anilines is 1. The van der Waals surface area contributed by atoms with Crippen molar-refractivity contribution in [2.75, 3.05) is 23.4 Å². The van der Waals surface area contributed by atoms with Crippen molar-refractivity contribution >= 4 is 27.2 Å². The molecule has 21 heavy (non-hydrogen) atoms. The summed E-state index contributed by atoms with van der Waals surface area (Å²) in [7, 11) is -2.97. The van der Waals surface area contributed by atoms with E-state index in [0.717, 1.165) is 12.1 Å². The number of nitrogens with zero attached hydrogens (tertiary/aromatic N) is 1. The predicted octanol–water partition coefficient (Wildman–Crippen LogP) is 1.14. The maximum absolute atomic E-state index is 11.3. The minimum Gasteiger partial charge on any atom is -0.477 e. The van der Waals surface area contributed by atoms with Crippen LogP contribution in [0.1, 0.15) is 16.8 Å². The Morgan fingerprint density at radius 1 is 1.48 bits per heavy atom. The average Bonchev–Trinajstić information content (AvgIpc) is 2.75. The highest BCUT2D eigenvalue weighted by Gasteiger charge is 2.27. The molecule has 1 saturated heterocycles. The quantitative estimate of drug-likeness (QED) is 0.616. The maximum atomic E-state index is 11.3. The third kappa shape index (κ3) is 3.69. The predicted molar refractivity (Wildman–Crippen MR) is 75.3 cm³/mol. The first kappa shape index (κ1) is 15.2. The Morgan fingerprint density at radius 2 is 2.19 bits per heavy atom. The summed E-state index contributed by atoms with van der Waals surface area (Å²) in [5.74, 6) is -1.13. The van der Waals surface area contributed by atoms with Gasteiger partial charge in [0.1, 0.15) is 5.56 Å². The number of hydrogen-bond donors (Lipinski definition) is 2. The largest absolute Gasteiger partial charge is 0.477 e. The van der Waals surface area contributed by atoms with Crippen LogP contribution in [0.25, 0.3) is 0 Å². The minimum atomic E-state index is -2.97. The van der Waals surface area contributed by atoms with Crippen LogP contribution in [0.2, 0.25) is 0 Å². The Labute approximate surface area is 120 Å². The van der Waals surface area contributed by atoms with E-state index in [1.807, 2.05) is 0 Å². The zero-order valence-corrected chi connectivity index (χ0v) is 11.8. The van der Waals surface area contributed by atoms with Crippen LogP contribution in [0.5, 0.6) is 0 Å². The molecule has 0 bridgehead atoms. The van der Waals surface area contributed by atoms with Gasteiger partial charge in [0.05, 0.1) is 16.4 Å². The second kappa shape index (κ2) is 5.68. The summed E-state index contributed by atoms with van der Waals surface area (Å²) in [6.07, 6.45) is 0.560. The molecular weight excluding hydrogens is 300 g/mol. The molecule has 8 nitrogen and oxygen atoms in total. The topological polar surface area (TPSA) is 127 Å². The van der Waals surface area contributed by atoms with Gasteiger partial charge < -0.3 is 10.4 Å². The van der Waals surface area contributed by atoms with Crippen LogP contribution in [0.3, 0.4) is 0 Å². The van der Waals surface area contributed by atoms with Crippen molar-refractivity contribution in [2.45, 2.75) is 6.42 Å². The van der Waals surface area contributed by atoms with Crippen LogP contribution < -0.4 is 5.32 Å². The minimum absolute atomic E-state index is 0.0341. The summed E-state index contributed by atoms with van der Waals surface area (Å²) in [5.41, 5.74) is -0.475. The Balaban J connectivity index is 2.09. The van der Waals surface area contributed by atoms with E-state index in [9.17, 15) is 23.3 Å². The van der Waals surface area contributed by atoms with E-state index < -0.39 is 26.4 Å². The molecule has 1 aliphatic rings. The molecule has 2 rings (SSSR count). The number of carboxylic acids is 1. The molecule has 9 heteroatoms. The van der Waals surface area contributed by atoms with Crippen molar-refractivity contribution in [3.63, 3.8) is 0 Å². The number of benzene rings is 1. The van der Waals surface area contributed by atoms with Gasteiger partial charge in [0.15, 0.2) is 9.84 Å². The smallest absolute Gasteiger partial charge is 0.342 e. The van der Waals surface area contributed by atoms with Crippen LogP contribution in [0, 0.1) is 16.0 Å². The van der Waals surface area contributed by atoms with Crippen LogP contribution >= 0.6 is 0 Å². The van der Waals surface area contributed by atoms with Crippen LogP contribution in [-0.2, 0) is 9.84 Å². The molecule has 0 saturated carbocycles. The van der Waals surface area contributed by atoms with Crippen molar-refractivity contribution in [1.82, 2.24) is 0 Å². The van der Waals surface area contributed by atoms with Crippen molar-refractivity contribution in [3.8, 4) is 0 Å². The average molecular weight is 314 g/mol. The lowest BCUT2D eigenvalue weighted by Crippen LogP contribution is -2.16. The van der Waals surface area contributed by atoms with Crippen LogP contribution in [0.4, 0.5) is 11.4 Å². The zero-order valence-electron chi connectivity index (χ0n) is 11.0. The number of nitrogens with one attached hydrogen (secondary N) is 1. The third-order valence-corrected chi connectivity index (χ3v) is 5.18. The summed E-state index contributed by atoms with van der Waals surface area (Å²) in [5, 5.41) is 22.7. The van der Waals surface area contributed by atoms with E-state index in [2.05, 4.69) is 5.32 Å². The fraction of sp³-hybridized carbons (Fsp3) is 0.417.